The number of nitrogens with two attached hydrogens (primary N) is 1. The molecule has 3 N–H and O–H groups in total. The fraction of sp³-hybridized carbons (Fsp3) is 0.107. The van der Waals surface area contributed by atoms with Gasteiger partial charge in [0, 0.05) is 71.7 Å². The van der Waals surface area contributed by atoms with Gasteiger partial charge >= 0.3 is 0 Å². The number of aliphatic hydroxyl groups is 1. The van der Waals surface area contributed by atoms with Crippen LogP contribution in [0.2, 0.25) is 15.1 Å². The van der Waals surface area contributed by atoms with Crippen LogP contribution in [0.25, 0.3) is 44.1 Å². The van der Waals surface area contributed by atoms with Crippen molar-refractivity contribution in [1.82, 2.24) is 28.2 Å². The molecule has 342 valence electrons. The van der Waals surface area contributed by atoms with Crippen LogP contribution in [0.1, 0.15) is 39.2 Å². The van der Waals surface area contributed by atoms with E-state index < -0.39 is 11.1 Å². The lowest BCUT2D eigenvalue weighted by Crippen LogP contribution is -2.41. The fourth-order valence-electron chi connectivity index (χ4n) is 9.07. The SMILES string of the molecule is C#Cc1cccc(-c2cc(=O)n(C)c3ccc(C(O)(c4ccc(Cl)cc4)c4cncn4C)cc23)c1.Cn1cncc1C(N)(c1ccc(Cl)cc1)c1ccc2c(c1)c(-c1cccc(Cl)c1)cc(=O)n2C. The number of aromatic nitrogens is 6. The summed E-state index contributed by atoms with van der Waals surface area (Å²) in [7, 11) is 7.26. The second kappa shape index (κ2) is 18.5. The van der Waals surface area contributed by atoms with Gasteiger partial charge in [-0.15, -0.1) is 6.42 Å². The molecule has 6 aromatic carbocycles. The van der Waals surface area contributed by atoms with E-state index in [0.717, 1.165) is 66.4 Å². The molecule has 0 aliphatic rings. The van der Waals surface area contributed by atoms with E-state index in [1.165, 1.54) is 0 Å². The highest BCUT2D eigenvalue weighted by Gasteiger charge is 2.38. The van der Waals surface area contributed by atoms with Gasteiger partial charge in [-0.05, 0) is 117 Å². The van der Waals surface area contributed by atoms with E-state index in [9.17, 15) is 14.7 Å². The molecule has 2 atom stereocenters. The van der Waals surface area contributed by atoms with Crippen LogP contribution in [0.15, 0.2) is 180 Å². The lowest BCUT2D eigenvalue weighted by molar-refractivity contribution is 0.117. The van der Waals surface area contributed by atoms with Gasteiger partial charge in [-0.3, -0.25) is 9.59 Å². The minimum absolute atomic E-state index is 0.0985. The molecule has 0 radical (unpaired) electrons. The number of hydrogen-bond acceptors (Lipinski definition) is 6. The van der Waals surface area contributed by atoms with Crippen LogP contribution in [0.5, 0.6) is 0 Å². The molecule has 69 heavy (non-hydrogen) atoms. The van der Waals surface area contributed by atoms with Crippen LogP contribution >= 0.6 is 34.8 Å². The average Bonchev–Trinajstić information content (AvgIpc) is 4.01. The van der Waals surface area contributed by atoms with E-state index in [2.05, 4.69) is 15.9 Å². The summed E-state index contributed by atoms with van der Waals surface area (Å²) in [6.45, 7) is 0. The number of terminal acetylenes is 1. The molecule has 10 aromatic rings. The smallest absolute Gasteiger partial charge is 0.251 e. The van der Waals surface area contributed by atoms with Gasteiger partial charge in [0.1, 0.15) is 5.54 Å². The van der Waals surface area contributed by atoms with E-state index in [-0.39, 0.29) is 11.1 Å². The molecule has 0 saturated heterocycles. The minimum atomic E-state index is -1.52. The topological polar surface area (TPSA) is 126 Å². The van der Waals surface area contributed by atoms with Crippen molar-refractivity contribution in [3.63, 3.8) is 0 Å². The lowest BCUT2D eigenvalue weighted by Gasteiger charge is -2.31. The van der Waals surface area contributed by atoms with Gasteiger partial charge in [-0.2, -0.15) is 0 Å². The summed E-state index contributed by atoms with van der Waals surface area (Å²) >= 11 is 18.6. The summed E-state index contributed by atoms with van der Waals surface area (Å²) in [5.74, 6) is 2.65. The van der Waals surface area contributed by atoms with Gasteiger partial charge in [0.25, 0.3) is 11.1 Å². The van der Waals surface area contributed by atoms with Crippen LogP contribution in [0, 0.1) is 12.3 Å². The Morgan fingerprint density at radius 1 is 0.551 bits per heavy atom. The second-order valence-electron chi connectivity index (χ2n) is 16.9. The predicted molar refractivity (Wildman–Crippen MR) is 278 cm³/mol. The molecule has 4 aromatic heterocycles. The fourth-order valence-corrected chi connectivity index (χ4v) is 9.52. The Kier molecular flexibility index (Phi) is 12.5. The van der Waals surface area contributed by atoms with E-state index in [4.69, 9.17) is 47.0 Å². The maximum atomic E-state index is 12.8. The molecular formula is C56H44Cl3N7O3. The molecule has 13 heteroatoms. The van der Waals surface area contributed by atoms with Crippen molar-refractivity contribution < 1.29 is 5.11 Å². The Balaban J connectivity index is 0.000000172. The molecule has 0 aliphatic heterocycles. The van der Waals surface area contributed by atoms with Crippen molar-refractivity contribution in [2.24, 2.45) is 33.9 Å². The number of hydrogen-bond donors (Lipinski definition) is 2. The highest BCUT2D eigenvalue weighted by molar-refractivity contribution is 6.31. The Labute approximate surface area is 413 Å². The zero-order valence-electron chi connectivity index (χ0n) is 37.9. The molecule has 0 spiro atoms. The zero-order chi connectivity index (χ0) is 48.8. The molecule has 10 rings (SSSR count). The van der Waals surface area contributed by atoms with Crippen molar-refractivity contribution in [2.75, 3.05) is 0 Å². The standard InChI is InChI=1S/C29H22ClN3O2.C27H22Cl2N4O/c1-4-19-6-5-7-20(14-19)24-16-28(34)33(3)26-13-10-22(15-25(24)26)29(35,27-17-31-18-32(27)2)21-8-11-23(30)12-9-21;1-32-16-31-15-25(32)27(30,18-6-9-20(28)10-7-18)19-8-11-24-23(13-19)22(14-26(34)33(24)2)17-4-3-5-21(29)12-17/h1,5-18,35H,2-3H3;3-16H,30H2,1-2H3. The molecule has 10 nitrogen and oxygen atoms in total. The highest BCUT2D eigenvalue weighted by atomic mass is 35.5. The average molecular weight is 969 g/mol. The van der Waals surface area contributed by atoms with Crippen molar-refractivity contribution in [2.45, 2.75) is 11.1 Å². The van der Waals surface area contributed by atoms with E-state index in [0.29, 0.717) is 31.9 Å². The second-order valence-corrected chi connectivity index (χ2v) is 18.2. The van der Waals surface area contributed by atoms with Gasteiger partial charge in [0.15, 0.2) is 5.60 Å². The Morgan fingerprint density at radius 2 is 1.03 bits per heavy atom. The summed E-state index contributed by atoms with van der Waals surface area (Å²) in [4.78, 5) is 34.1. The molecule has 0 amide bonds. The van der Waals surface area contributed by atoms with Crippen LogP contribution in [-0.4, -0.2) is 33.3 Å². The maximum absolute atomic E-state index is 12.8. The molecule has 0 bridgehead atoms. The summed E-state index contributed by atoms with van der Waals surface area (Å²) in [6, 6.07) is 44.5. The quantitative estimate of drug-likeness (QED) is 0.146. The van der Waals surface area contributed by atoms with Crippen molar-refractivity contribution >= 4 is 56.6 Å². The van der Waals surface area contributed by atoms with Crippen molar-refractivity contribution in [1.29, 1.82) is 0 Å². The van der Waals surface area contributed by atoms with Crippen LogP contribution in [0.3, 0.4) is 0 Å². The zero-order valence-corrected chi connectivity index (χ0v) is 40.2. The molecule has 0 aliphatic carbocycles. The molecule has 2 unspecified atom stereocenters. The lowest BCUT2D eigenvalue weighted by atomic mass is 9.80. The van der Waals surface area contributed by atoms with Gasteiger partial charge < -0.3 is 29.1 Å². The molecular weight excluding hydrogens is 925 g/mol. The summed E-state index contributed by atoms with van der Waals surface area (Å²) in [5.41, 5.74) is 14.4. The van der Waals surface area contributed by atoms with Gasteiger partial charge in [-0.1, -0.05) is 101 Å². The predicted octanol–water partition coefficient (Wildman–Crippen LogP) is 10.4. The molecule has 0 saturated carbocycles. The number of imidazole rings is 2. The first-order valence-corrected chi connectivity index (χ1v) is 22.8. The van der Waals surface area contributed by atoms with Crippen LogP contribution in [0.4, 0.5) is 0 Å². The normalized spacial score (nSPS) is 13.0. The number of rotatable bonds is 8. The van der Waals surface area contributed by atoms with E-state index in [1.807, 2.05) is 128 Å². The number of fused-ring (bicyclic) bond motifs is 2. The summed E-state index contributed by atoms with van der Waals surface area (Å²) in [6.07, 6.45) is 12.4. The number of benzene rings is 6. The number of nitrogens with zero attached hydrogens (tertiary/aromatic N) is 6. The number of aryl methyl sites for hydroxylation is 4. The van der Waals surface area contributed by atoms with Crippen molar-refractivity contribution in [3.05, 3.63) is 246 Å². The third kappa shape index (κ3) is 8.46. The first-order valence-electron chi connectivity index (χ1n) is 21.7. The number of halogens is 3. The minimum Gasteiger partial charge on any atom is -0.374 e. The monoisotopic (exact) mass is 967 g/mol. The third-order valence-corrected chi connectivity index (χ3v) is 13.6. The van der Waals surface area contributed by atoms with Crippen LogP contribution in [-0.2, 0) is 39.3 Å². The highest BCUT2D eigenvalue weighted by Crippen LogP contribution is 2.41. The molecule has 4 heterocycles. The Bertz CT molecular complexity index is 3760. The third-order valence-electron chi connectivity index (χ3n) is 12.8. The van der Waals surface area contributed by atoms with Gasteiger partial charge in [-0.25, -0.2) is 9.97 Å². The van der Waals surface area contributed by atoms with Gasteiger partial charge in [0.05, 0.1) is 47.5 Å². The Hall–Kier alpha value is -7.49. The van der Waals surface area contributed by atoms with Gasteiger partial charge in [0.2, 0.25) is 0 Å². The maximum Gasteiger partial charge on any atom is 0.251 e. The summed E-state index contributed by atoms with van der Waals surface area (Å²) in [5, 5.41) is 15.8. The van der Waals surface area contributed by atoms with Crippen molar-refractivity contribution in [3.8, 4) is 34.6 Å². The summed E-state index contributed by atoms with van der Waals surface area (Å²) < 4.78 is 6.94. The van der Waals surface area contributed by atoms with E-state index >= 15 is 0 Å². The first-order chi connectivity index (χ1) is 33.1. The number of pyridine rings is 2. The largest absolute Gasteiger partial charge is 0.374 e. The molecule has 0 fully saturated rings. The Morgan fingerprint density at radius 3 is 1.55 bits per heavy atom. The van der Waals surface area contributed by atoms with E-state index in [1.54, 1.807) is 89.2 Å². The first kappa shape index (κ1) is 46.6. The van der Waals surface area contributed by atoms with Crippen LogP contribution < -0.4 is 16.9 Å².